The third-order valence-electron chi connectivity index (χ3n) is 4.49. The molecule has 2 nitrogen and oxygen atoms in total. The molecular formula is C21H25NO. The molecule has 2 atom stereocenters. The Morgan fingerprint density at radius 1 is 1.17 bits per heavy atom. The van der Waals surface area contributed by atoms with Gasteiger partial charge in [-0.3, -0.25) is 0 Å². The lowest BCUT2D eigenvalue weighted by molar-refractivity contribution is 0.216. The van der Waals surface area contributed by atoms with Crippen molar-refractivity contribution in [3.63, 3.8) is 0 Å². The van der Waals surface area contributed by atoms with Crippen molar-refractivity contribution < 1.29 is 5.11 Å². The fourth-order valence-corrected chi connectivity index (χ4v) is 3.16. The first-order valence-corrected chi connectivity index (χ1v) is 8.40. The molecule has 0 radical (unpaired) electrons. The van der Waals surface area contributed by atoms with Gasteiger partial charge in [-0.15, -0.1) is 0 Å². The van der Waals surface area contributed by atoms with Gasteiger partial charge in [0, 0.05) is 18.4 Å². The molecule has 1 N–H and O–H groups in total. The summed E-state index contributed by atoms with van der Waals surface area (Å²) in [6.45, 7) is 5.23. The van der Waals surface area contributed by atoms with Crippen LogP contribution in [0.4, 0.5) is 0 Å². The van der Waals surface area contributed by atoms with Crippen LogP contribution in [0.15, 0.2) is 66.0 Å². The molecule has 3 rings (SSSR count). The number of allylic oxidation sites excluding steroid dienone is 3. The predicted octanol–water partition coefficient (Wildman–Crippen LogP) is 4.30. The lowest BCUT2D eigenvalue weighted by Crippen LogP contribution is -2.28. The van der Waals surface area contributed by atoms with Crippen LogP contribution in [0.5, 0.6) is 0 Å². The van der Waals surface area contributed by atoms with E-state index in [4.69, 9.17) is 0 Å². The minimum atomic E-state index is -0.504. The maximum absolute atomic E-state index is 10.3. The molecule has 2 heteroatoms. The number of hydrogen-bond donors (Lipinski definition) is 1. The summed E-state index contributed by atoms with van der Waals surface area (Å²) in [5, 5.41) is 10.3. The molecule has 0 spiro atoms. The molecule has 0 bridgehead atoms. The van der Waals surface area contributed by atoms with Crippen molar-refractivity contribution in [1.29, 1.82) is 0 Å². The van der Waals surface area contributed by atoms with E-state index in [0.717, 1.165) is 25.1 Å². The summed E-state index contributed by atoms with van der Waals surface area (Å²) >= 11 is 0. The molecule has 0 amide bonds. The lowest BCUT2D eigenvalue weighted by atomic mass is 9.98. The zero-order chi connectivity index (χ0) is 16.2. The monoisotopic (exact) mass is 307 g/mol. The van der Waals surface area contributed by atoms with Crippen LogP contribution in [0, 0.1) is 5.92 Å². The van der Waals surface area contributed by atoms with Gasteiger partial charge >= 0.3 is 0 Å². The topological polar surface area (TPSA) is 23.5 Å². The van der Waals surface area contributed by atoms with E-state index in [2.05, 4.69) is 73.5 Å². The largest absolute Gasteiger partial charge is 0.383 e. The van der Waals surface area contributed by atoms with Crippen LogP contribution in [0.1, 0.15) is 31.4 Å². The van der Waals surface area contributed by atoms with Crippen LogP contribution in [-0.2, 0) is 6.42 Å². The summed E-state index contributed by atoms with van der Waals surface area (Å²) in [5.41, 5.74) is 5.03. The van der Waals surface area contributed by atoms with Gasteiger partial charge in [-0.1, -0.05) is 67.1 Å². The standard InChI is InChI=1S/C21H25NO/c1-16-9-10-21(23)20(15-16)22-12-5-8-18-6-3-4-7-19(18)14-17(2)11-13-22/h3-7,9-10,12,14-16,21,23H,8,11,13H2,1-2H3/b12-5+,17-14+. The quantitative estimate of drug-likeness (QED) is 0.782. The van der Waals surface area contributed by atoms with Gasteiger partial charge in [0.25, 0.3) is 0 Å². The Morgan fingerprint density at radius 2 is 2.00 bits per heavy atom. The Hall–Kier alpha value is -2.06. The average molecular weight is 307 g/mol. The first-order valence-electron chi connectivity index (χ1n) is 8.40. The van der Waals surface area contributed by atoms with E-state index in [1.807, 2.05) is 6.08 Å². The summed E-state index contributed by atoms with van der Waals surface area (Å²) in [5.74, 6) is 0.370. The highest BCUT2D eigenvalue weighted by atomic mass is 16.3. The van der Waals surface area contributed by atoms with E-state index in [0.29, 0.717) is 5.92 Å². The molecule has 1 aromatic rings. The highest BCUT2D eigenvalue weighted by molar-refractivity contribution is 5.57. The van der Waals surface area contributed by atoms with Crippen molar-refractivity contribution in [1.82, 2.24) is 4.90 Å². The molecule has 0 saturated carbocycles. The maximum atomic E-state index is 10.3. The van der Waals surface area contributed by atoms with Gasteiger partial charge < -0.3 is 10.0 Å². The Kier molecular flexibility index (Phi) is 4.82. The molecule has 0 saturated heterocycles. The minimum absolute atomic E-state index is 0.370. The van der Waals surface area contributed by atoms with Gasteiger partial charge in [-0.05, 0) is 36.8 Å². The Bertz CT molecular complexity index is 681. The average Bonchev–Trinajstić information content (AvgIpc) is 2.54. The van der Waals surface area contributed by atoms with Crippen LogP contribution in [0.3, 0.4) is 0 Å². The third-order valence-corrected chi connectivity index (χ3v) is 4.49. The molecule has 1 aliphatic carbocycles. The number of aliphatic hydroxyl groups is 1. The van der Waals surface area contributed by atoms with Crippen molar-refractivity contribution in [2.24, 2.45) is 5.92 Å². The fraction of sp³-hybridized carbons (Fsp3) is 0.333. The molecule has 1 aromatic carbocycles. The predicted molar refractivity (Wildman–Crippen MR) is 96.7 cm³/mol. The first-order chi connectivity index (χ1) is 11.1. The smallest absolute Gasteiger partial charge is 0.112 e. The minimum Gasteiger partial charge on any atom is -0.383 e. The second-order valence-electron chi connectivity index (χ2n) is 6.50. The number of rotatable bonds is 1. The van der Waals surface area contributed by atoms with Gasteiger partial charge in [0.1, 0.15) is 6.10 Å². The van der Waals surface area contributed by atoms with Crippen molar-refractivity contribution in [2.45, 2.75) is 32.8 Å². The van der Waals surface area contributed by atoms with E-state index in [-0.39, 0.29) is 0 Å². The molecule has 2 unspecified atom stereocenters. The summed E-state index contributed by atoms with van der Waals surface area (Å²) in [6, 6.07) is 8.57. The van der Waals surface area contributed by atoms with Crippen LogP contribution >= 0.6 is 0 Å². The molecule has 1 heterocycles. The maximum Gasteiger partial charge on any atom is 0.112 e. The molecule has 0 aromatic heterocycles. The number of nitrogens with zero attached hydrogens (tertiary/aromatic N) is 1. The van der Waals surface area contributed by atoms with Crippen molar-refractivity contribution in [3.8, 4) is 0 Å². The fourth-order valence-electron chi connectivity index (χ4n) is 3.16. The summed E-state index contributed by atoms with van der Waals surface area (Å²) < 4.78 is 0. The second-order valence-corrected chi connectivity index (χ2v) is 6.50. The number of hydrogen-bond acceptors (Lipinski definition) is 2. The van der Waals surface area contributed by atoms with E-state index in [1.165, 1.54) is 16.7 Å². The van der Waals surface area contributed by atoms with Gasteiger partial charge in [-0.25, -0.2) is 0 Å². The SMILES string of the molecule is C/C1=C\c2ccccc2C/C=C/N(C2=CC(C)C=CC2O)CC1. The van der Waals surface area contributed by atoms with Crippen molar-refractivity contribution >= 4 is 6.08 Å². The van der Waals surface area contributed by atoms with Gasteiger partial charge in [0.05, 0.1) is 0 Å². The molecule has 1 aliphatic heterocycles. The van der Waals surface area contributed by atoms with Crippen LogP contribution < -0.4 is 0 Å². The Labute approximate surface area is 139 Å². The van der Waals surface area contributed by atoms with Crippen LogP contribution in [0.25, 0.3) is 6.08 Å². The Morgan fingerprint density at radius 3 is 2.87 bits per heavy atom. The summed E-state index contributed by atoms with van der Waals surface area (Å²) in [4.78, 5) is 2.20. The highest BCUT2D eigenvalue weighted by Crippen LogP contribution is 2.23. The van der Waals surface area contributed by atoms with Gasteiger partial charge in [0.15, 0.2) is 0 Å². The van der Waals surface area contributed by atoms with Crippen molar-refractivity contribution in [2.75, 3.05) is 6.54 Å². The third kappa shape index (κ3) is 3.83. The number of benzene rings is 1. The van der Waals surface area contributed by atoms with Crippen LogP contribution in [-0.4, -0.2) is 22.7 Å². The van der Waals surface area contributed by atoms with Gasteiger partial charge in [0.2, 0.25) is 0 Å². The van der Waals surface area contributed by atoms with Crippen LogP contribution in [0.2, 0.25) is 0 Å². The zero-order valence-corrected chi connectivity index (χ0v) is 13.9. The summed E-state index contributed by atoms with van der Waals surface area (Å²) in [7, 11) is 0. The van der Waals surface area contributed by atoms with E-state index in [1.54, 1.807) is 0 Å². The van der Waals surface area contributed by atoms with E-state index >= 15 is 0 Å². The summed E-state index contributed by atoms with van der Waals surface area (Å²) in [6.07, 6.45) is 14.1. The molecule has 0 fully saturated rings. The molecule has 120 valence electrons. The molecular weight excluding hydrogens is 282 g/mol. The normalized spacial score (nSPS) is 28.4. The first kappa shape index (κ1) is 15.8. The molecule has 23 heavy (non-hydrogen) atoms. The zero-order valence-electron chi connectivity index (χ0n) is 13.9. The highest BCUT2D eigenvalue weighted by Gasteiger charge is 2.18. The second kappa shape index (κ2) is 7.01. The van der Waals surface area contributed by atoms with E-state index in [9.17, 15) is 5.11 Å². The van der Waals surface area contributed by atoms with Crippen molar-refractivity contribution in [3.05, 3.63) is 77.2 Å². The Balaban J connectivity index is 1.88. The number of fused-ring (bicyclic) bond motifs is 1. The lowest BCUT2D eigenvalue weighted by Gasteiger charge is -2.29. The van der Waals surface area contributed by atoms with Gasteiger partial charge in [-0.2, -0.15) is 0 Å². The van der Waals surface area contributed by atoms with E-state index < -0.39 is 6.10 Å². The number of aliphatic hydroxyl groups excluding tert-OH is 1. The molecule has 2 aliphatic rings.